The van der Waals surface area contributed by atoms with E-state index in [0.717, 1.165) is 25.3 Å². The molecule has 0 aromatic heterocycles. The Balaban J connectivity index is 1.66. The molecule has 9 nitrogen and oxygen atoms in total. The summed E-state index contributed by atoms with van der Waals surface area (Å²) in [5, 5.41) is 10.7. The lowest BCUT2D eigenvalue weighted by Gasteiger charge is -2.20. The molecule has 1 aliphatic carbocycles. The van der Waals surface area contributed by atoms with Crippen LogP contribution in [-0.2, 0) is 14.3 Å². The molecule has 1 fully saturated rings. The molecule has 1 saturated carbocycles. The Morgan fingerprint density at radius 1 is 1.15 bits per heavy atom. The number of nitrogens with zero attached hydrogens (tertiary/aromatic N) is 1. The Morgan fingerprint density at radius 3 is 2.59 bits per heavy atom. The summed E-state index contributed by atoms with van der Waals surface area (Å²) in [5.74, 6) is -1.30. The Bertz CT molecular complexity index is 700. The second-order valence-electron chi connectivity index (χ2n) is 6.51. The van der Waals surface area contributed by atoms with Gasteiger partial charge in [0.1, 0.15) is 0 Å². The Labute approximate surface area is 156 Å². The highest BCUT2D eigenvalue weighted by molar-refractivity contribution is 5.96. The van der Waals surface area contributed by atoms with Crippen molar-refractivity contribution in [3.63, 3.8) is 0 Å². The third kappa shape index (κ3) is 7.04. The van der Waals surface area contributed by atoms with Gasteiger partial charge in [-0.05, 0) is 18.4 Å². The monoisotopic (exact) mass is 377 g/mol. The highest BCUT2D eigenvalue weighted by Crippen LogP contribution is 2.27. The van der Waals surface area contributed by atoms with Gasteiger partial charge in [0, 0.05) is 24.1 Å². The van der Waals surface area contributed by atoms with Crippen LogP contribution < -0.4 is 10.9 Å². The first-order valence-corrected chi connectivity index (χ1v) is 8.95. The van der Waals surface area contributed by atoms with Crippen LogP contribution in [0, 0.1) is 16.0 Å². The van der Waals surface area contributed by atoms with Gasteiger partial charge >= 0.3 is 5.97 Å². The van der Waals surface area contributed by atoms with Crippen LogP contribution in [0.5, 0.6) is 0 Å². The van der Waals surface area contributed by atoms with Gasteiger partial charge in [0.2, 0.25) is 0 Å². The van der Waals surface area contributed by atoms with Crippen LogP contribution in [0.15, 0.2) is 24.3 Å². The molecule has 2 rings (SSSR count). The van der Waals surface area contributed by atoms with Crippen molar-refractivity contribution in [2.45, 2.75) is 44.9 Å². The highest BCUT2D eigenvalue weighted by atomic mass is 16.6. The lowest BCUT2D eigenvalue weighted by molar-refractivity contribution is -0.384. The summed E-state index contributed by atoms with van der Waals surface area (Å²) in [6, 6.07) is 5.08. The van der Waals surface area contributed by atoms with Gasteiger partial charge in [-0.2, -0.15) is 0 Å². The van der Waals surface area contributed by atoms with E-state index in [-0.39, 0.29) is 17.7 Å². The van der Waals surface area contributed by atoms with Crippen LogP contribution in [0.3, 0.4) is 0 Å². The number of nitro benzene ring substituents is 1. The molecular formula is C18H23N3O6. The zero-order chi connectivity index (χ0) is 19.6. The van der Waals surface area contributed by atoms with Crippen LogP contribution in [0.1, 0.15) is 55.3 Å². The number of nitrogens with one attached hydrogen (secondary N) is 2. The maximum atomic E-state index is 11.9. The van der Waals surface area contributed by atoms with Gasteiger partial charge in [0.25, 0.3) is 17.5 Å². The van der Waals surface area contributed by atoms with Gasteiger partial charge in [-0.15, -0.1) is 0 Å². The Hall–Kier alpha value is -2.97. The number of nitro groups is 1. The molecule has 1 aromatic rings. The number of carbonyl (C=O) groups excluding carboxylic acids is 3. The fourth-order valence-corrected chi connectivity index (χ4v) is 3.01. The number of amides is 2. The number of benzene rings is 1. The molecule has 0 heterocycles. The summed E-state index contributed by atoms with van der Waals surface area (Å²) < 4.78 is 4.89. The molecule has 0 atom stereocenters. The quantitative estimate of drug-likeness (QED) is 0.426. The van der Waals surface area contributed by atoms with Crippen molar-refractivity contribution < 1.29 is 24.0 Å². The first kappa shape index (κ1) is 20.3. The van der Waals surface area contributed by atoms with E-state index in [0.29, 0.717) is 5.92 Å². The minimum absolute atomic E-state index is 0.0222. The number of esters is 1. The Morgan fingerprint density at radius 2 is 1.89 bits per heavy atom. The van der Waals surface area contributed by atoms with E-state index in [1.54, 1.807) is 0 Å². The van der Waals surface area contributed by atoms with E-state index in [2.05, 4.69) is 10.9 Å². The standard InChI is InChI=1S/C18H23N3O6/c22-16(12-27-17(23)10-9-13-5-2-1-3-6-13)19-20-18(24)14-7-4-8-15(11-14)21(25)26/h4,7-8,11,13H,1-3,5-6,9-10,12H2,(H,19,22)(H,20,24). The first-order chi connectivity index (χ1) is 13.0. The summed E-state index contributed by atoms with van der Waals surface area (Å²) >= 11 is 0. The number of non-ortho nitro benzene ring substituents is 1. The highest BCUT2D eigenvalue weighted by Gasteiger charge is 2.16. The van der Waals surface area contributed by atoms with Crippen molar-refractivity contribution in [2.75, 3.05) is 6.61 Å². The molecule has 0 unspecified atom stereocenters. The topological polar surface area (TPSA) is 128 Å². The van der Waals surface area contributed by atoms with Gasteiger partial charge in [-0.1, -0.05) is 38.2 Å². The molecule has 0 bridgehead atoms. The van der Waals surface area contributed by atoms with Gasteiger partial charge in [-0.3, -0.25) is 35.3 Å². The van der Waals surface area contributed by atoms with Crippen molar-refractivity contribution >= 4 is 23.5 Å². The summed E-state index contributed by atoms with van der Waals surface area (Å²) in [6.07, 6.45) is 6.97. The van der Waals surface area contributed by atoms with Crippen molar-refractivity contribution in [1.29, 1.82) is 0 Å². The van der Waals surface area contributed by atoms with Crippen LogP contribution in [0.4, 0.5) is 5.69 Å². The van der Waals surface area contributed by atoms with Gasteiger partial charge in [0.05, 0.1) is 4.92 Å². The average molecular weight is 377 g/mol. The van der Waals surface area contributed by atoms with Gasteiger partial charge < -0.3 is 4.74 Å². The number of hydrogen-bond acceptors (Lipinski definition) is 6. The van der Waals surface area contributed by atoms with E-state index in [1.807, 2.05) is 0 Å². The number of rotatable bonds is 7. The maximum Gasteiger partial charge on any atom is 0.306 e. The van der Waals surface area contributed by atoms with Crippen LogP contribution >= 0.6 is 0 Å². The molecule has 2 amide bonds. The van der Waals surface area contributed by atoms with E-state index in [4.69, 9.17) is 4.74 Å². The molecule has 2 N–H and O–H groups in total. The smallest absolute Gasteiger partial charge is 0.306 e. The largest absolute Gasteiger partial charge is 0.455 e. The minimum atomic E-state index is -0.712. The second kappa shape index (κ2) is 10.2. The molecule has 0 saturated heterocycles. The minimum Gasteiger partial charge on any atom is -0.455 e. The summed E-state index contributed by atoms with van der Waals surface area (Å²) in [7, 11) is 0. The van der Waals surface area contributed by atoms with E-state index in [1.165, 1.54) is 37.5 Å². The predicted molar refractivity (Wildman–Crippen MR) is 95.5 cm³/mol. The zero-order valence-electron chi connectivity index (χ0n) is 14.9. The zero-order valence-corrected chi connectivity index (χ0v) is 14.9. The number of carbonyl (C=O) groups is 3. The third-order valence-electron chi connectivity index (χ3n) is 4.48. The molecule has 1 aliphatic rings. The fraction of sp³-hybridized carbons (Fsp3) is 0.500. The molecule has 27 heavy (non-hydrogen) atoms. The summed E-state index contributed by atoms with van der Waals surface area (Å²) in [4.78, 5) is 45.3. The first-order valence-electron chi connectivity index (χ1n) is 8.95. The normalized spacial score (nSPS) is 14.2. The predicted octanol–water partition coefficient (Wildman–Crippen LogP) is 2.26. The van der Waals surface area contributed by atoms with Crippen molar-refractivity contribution in [1.82, 2.24) is 10.9 Å². The van der Waals surface area contributed by atoms with E-state index in [9.17, 15) is 24.5 Å². The lowest BCUT2D eigenvalue weighted by atomic mass is 9.86. The SMILES string of the molecule is O=C(COC(=O)CCC1CCCCC1)NNC(=O)c1cccc([N+](=O)[O-])c1. The van der Waals surface area contributed by atoms with Crippen LogP contribution in [0.2, 0.25) is 0 Å². The van der Waals surface area contributed by atoms with Crippen molar-refractivity contribution in [3.05, 3.63) is 39.9 Å². The Kier molecular flexibility index (Phi) is 7.72. The van der Waals surface area contributed by atoms with Crippen LogP contribution in [-0.4, -0.2) is 29.3 Å². The molecule has 0 radical (unpaired) electrons. The van der Waals surface area contributed by atoms with E-state index >= 15 is 0 Å². The lowest BCUT2D eigenvalue weighted by Crippen LogP contribution is -2.43. The molecule has 9 heteroatoms. The summed E-state index contributed by atoms with van der Waals surface area (Å²) in [5.41, 5.74) is 4.01. The number of hydrazine groups is 1. The summed E-state index contributed by atoms with van der Waals surface area (Å²) in [6.45, 7) is -0.501. The van der Waals surface area contributed by atoms with Gasteiger partial charge in [0.15, 0.2) is 6.61 Å². The molecular weight excluding hydrogens is 354 g/mol. The fourth-order valence-electron chi connectivity index (χ4n) is 3.01. The second-order valence-corrected chi connectivity index (χ2v) is 6.51. The molecule has 146 valence electrons. The van der Waals surface area contributed by atoms with Crippen molar-refractivity contribution in [2.24, 2.45) is 5.92 Å². The van der Waals surface area contributed by atoms with Crippen LogP contribution in [0.25, 0.3) is 0 Å². The maximum absolute atomic E-state index is 11.9. The van der Waals surface area contributed by atoms with E-state index < -0.39 is 29.3 Å². The number of hydrogen-bond donors (Lipinski definition) is 2. The molecule has 1 aromatic carbocycles. The van der Waals surface area contributed by atoms with Gasteiger partial charge in [-0.25, -0.2) is 0 Å². The molecule has 0 spiro atoms. The third-order valence-corrected chi connectivity index (χ3v) is 4.48. The average Bonchev–Trinajstić information content (AvgIpc) is 2.69. The molecule has 0 aliphatic heterocycles. The van der Waals surface area contributed by atoms with Crippen molar-refractivity contribution in [3.8, 4) is 0 Å². The number of ether oxygens (including phenoxy) is 1.